The van der Waals surface area contributed by atoms with Crippen LogP contribution in [0.15, 0.2) is 74.2 Å². The number of rotatable bonds is 5. The van der Waals surface area contributed by atoms with Crippen molar-refractivity contribution >= 4 is 63.3 Å². The Balaban J connectivity index is 1.86. The van der Waals surface area contributed by atoms with Crippen LogP contribution in [0.4, 0.5) is 18.9 Å². The van der Waals surface area contributed by atoms with Gasteiger partial charge < -0.3 is 0 Å². The van der Waals surface area contributed by atoms with E-state index >= 15 is 0 Å². The minimum atomic E-state index is -4.52. The minimum absolute atomic E-state index is 0.0135. The standard InChI is InChI=1S/C20H14Cl2F3NO2S3/c1-11-9-12(5-7-14(11)20(23,24)25)26-31(27,28)18-8-6-13(10-17(18)29)30-19-15(21)3-2-4-16(19)22/h2-10,26,29H,1H3. The van der Waals surface area contributed by atoms with Crippen molar-refractivity contribution in [2.24, 2.45) is 0 Å². The van der Waals surface area contributed by atoms with Gasteiger partial charge in [-0.1, -0.05) is 41.0 Å². The van der Waals surface area contributed by atoms with Crippen LogP contribution in [0.1, 0.15) is 11.1 Å². The summed E-state index contributed by atoms with van der Waals surface area (Å²) in [4.78, 5) is 1.31. The van der Waals surface area contributed by atoms with Crippen LogP contribution in [0.3, 0.4) is 0 Å². The quantitative estimate of drug-likeness (QED) is 0.339. The summed E-state index contributed by atoms with van der Waals surface area (Å²) in [5.41, 5.74) is -0.911. The minimum Gasteiger partial charge on any atom is -0.280 e. The SMILES string of the molecule is Cc1cc(NS(=O)(=O)c2ccc(Sc3c(Cl)cccc3Cl)cc2S)ccc1C(F)(F)F. The first-order valence-electron chi connectivity index (χ1n) is 8.54. The van der Waals surface area contributed by atoms with Crippen molar-refractivity contribution in [3.05, 3.63) is 75.8 Å². The Labute approximate surface area is 197 Å². The lowest BCUT2D eigenvalue weighted by Gasteiger charge is -2.14. The second kappa shape index (κ2) is 9.15. The van der Waals surface area contributed by atoms with Gasteiger partial charge in [-0.05, 0) is 61.0 Å². The number of nitrogens with one attached hydrogen (secondary N) is 1. The highest BCUT2D eigenvalue weighted by atomic mass is 35.5. The largest absolute Gasteiger partial charge is 0.416 e. The summed E-state index contributed by atoms with van der Waals surface area (Å²) < 4.78 is 66.6. The lowest BCUT2D eigenvalue weighted by Crippen LogP contribution is -2.14. The van der Waals surface area contributed by atoms with Gasteiger partial charge in [0.25, 0.3) is 10.0 Å². The number of benzene rings is 3. The van der Waals surface area contributed by atoms with Crippen LogP contribution < -0.4 is 4.72 Å². The van der Waals surface area contributed by atoms with E-state index in [0.717, 1.165) is 18.2 Å². The maximum Gasteiger partial charge on any atom is 0.416 e. The van der Waals surface area contributed by atoms with Crippen LogP contribution in [-0.4, -0.2) is 8.42 Å². The number of alkyl halides is 3. The van der Waals surface area contributed by atoms with E-state index in [1.165, 1.54) is 24.8 Å². The molecule has 164 valence electrons. The molecule has 0 saturated heterocycles. The normalized spacial score (nSPS) is 12.1. The van der Waals surface area contributed by atoms with Gasteiger partial charge in [0.15, 0.2) is 0 Å². The van der Waals surface area contributed by atoms with Gasteiger partial charge in [-0.2, -0.15) is 13.2 Å². The maximum absolute atomic E-state index is 12.9. The number of anilines is 1. The third-order valence-corrected chi connectivity index (χ3v) is 8.09. The highest BCUT2D eigenvalue weighted by molar-refractivity contribution is 7.99. The van der Waals surface area contributed by atoms with Gasteiger partial charge in [0.05, 0.1) is 15.6 Å². The van der Waals surface area contributed by atoms with Crippen molar-refractivity contribution in [1.82, 2.24) is 0 Å². The van der Waals surface area contributed by atoms with E-state index in [0.29, 0.717) is 19.8 Å². The fourth-order valence-corrected chi connectivity index (χ4v) is 6.04. The van der Waals surface area contributed by atoms with Crippen molar-refractivity contribution in [3.63, 3.8) is 0 Å². The Hall–Kier alpha value is -1.52. The molecule has 0 fully saturated rings. The van der Waals surface area contributed by atoms with Crippen molar-refractivity contribution in [2.75, 3.05) is 4.72 Å². The van der Waals surface area contributed by atoms with Gasteiger partial charge in [0.1, 0.15) is 4.90 Å². The van der Waals surface area contributed by atoms with Gasteiger partial charge >= 0.3 is 6.18 Å². The fourth-order valence-electron chi connectivity index (χ4n) is 2.74. The summed E-state index contributed by atoms with van der Waals surface area (Å²) in [6.45, 7) is 1.26. The van der Waals surface area contributed by atoms with Gasteiger partial charge in [0.2, 0.25) is 0 Å². The molecule has 31 heavy (non-hydrogen) atoms. The molecular formula is C20H14Cl2F3NO2S3. The predicted molar refractivity (Wildman–Crippen MR) is 121 cm³/mol. The molecule has 0 unspecified atom stereocenters. The predicted octanol–water partition coefficient (Wildman–Crippen LogP) is 7.56. The maximum atomic E-state index is 12.9. The molecule has 3 rings (SSSR count). The number of sulfonamides is 1. The summed E-state index contributed by atoms with van der Waals surface area (Å²) >= 11 is 17.9. The zero-order chi connectivity index (χ0) is 23.0. The molecule has 11 heteroatoms. The summed E-state index contributed by atoms with van der Waals surface area (Å²) in [6.07, 6.45) is -4.52. The van der Waals surface area contributed by atoms with Crippen LogP contribution in [-0.2, 0) is 16.2 Å². The van der Waals surface area contributed by atoms with Crippen LogP contribution >= 0.6 is 47.6 Å². The molecular weight excluding hydrogens is 510 g/mol. The monoisotopic (exact) mass is 523 g/mol. The molecule has 3 aromatic rings. The zero-order valence-corrected chi connectivity index (χ0v) is 19.7. The molecule has 0 amide bonds. The van der Waals surface area contributed by atoms with E-state index in [-0.39, 0.29) is 21.0 Å². The Kier molecular flexibility index (Phi) is 7.12. The number of thiol groups is 1. The van der Waals surface area contributed by atoms with Gasteiger partial charge in [-0.3, -0.25) is 4.72 Å². The second-order valence-corrected chi connectivity index (χ2v) is 10.4. The number of aryl methyl sites for hydroxylation is 1. The first kappa shape index (κ1) is 24.1. The first-order valence-corrected chi connectivity index (χ1v) is 12.0. The molecule has 0 heterocycles. The van der Waals surface area contributed by atoms with Crippen LogP contribution in [0.5, 0.6) is 0 Å². The smallest absolute Gasteiger partial charge is 0.280 e. The van der Waals surface area contributed by atoms with E-state index in [1.807, 2.05) is 0 Å². The lowest BCUT2D eigenvalue weighted by atomic mass is 10.1. The van der Waals surface area contributed by atoms with Crippen LogP contribution in [0, 0.1) is 6.92 Å². The summed E-state index contributed by atoms with van der Waals surface area (Å²) in [7, 11) is -4.08. The molecule has 0 aromatic heterocycles. The molecule has 0 aliphatic carbocycles. The van der Waals surface area contributed by atoms with Crippen molar-refractivity contribution < 1.29 is 21.6 Å². The highest BCUT2D eigenvalue weighted by Gasteiger charge is 2.32. The number of halogens is 5. The van der Waals surface area contributed by atoms with Crippen molar-refractivity contribution in [2.45, 2.75) is 32.7 Å². The molecule has 3 aromatic carbocycles. The molecule has 0 spiro atoms. The van der Waals surface area contributed by atoms with Crippen LogP contribution in [0.2, 0.25) is 10.0 Å². The van der Waals surface area contributed by atoms with E-state index in [2.05, 4.69) is 17.4 Å². The Bertz CT molecular complexity index is 1230. The summed E-state index contributed by atoms with van der Waals surface area (Å²) in [6, 6.07) is 12.6. The average Bonchev–Trinajstić information content (AvgIpc) is 2.63. The molecule has 0 saturated carbocycles. The molecule has 0 radical (unpaired) electrons. The van der Waals surface area contributed by atoms with E-state index in [1.54, 1.807) is 30.3 Å². The second-order valence-electron chi connectivity index (χ2n) is 6.42. The first-order chi connectivity index (χ1) is 14.4. The molecule has 0 aliphatic rings. The van der Waals surface area contributed by atoms with E-state index in [9.17, 15) is 21.6 Å². The summed E-state index contributed by atoms with van der Waals surface area (Å²) in [5, 5.41) is 0.906. The Morgan fingerprint density at radius 3 is 2.19 bits per heavy atom. The highest BCUT2D eigenvalue weighted by Crippen LogP contribution is 2.40. The van der Waals surface area contributed by atoms with Crippen LogP contribution in [0.25, 0.3) is 0 Å². The van der Waals surface area contributed by atoms with E-state index < -0.39 is 21.8 Å². The van der Waals surface area contributed by atoms with Crippen molar-refractivity contribution in [1.29, 1.82) is 0 Å². The fraction of sp³-hybridized carbons (Fsp3) is 0.100. The molecule has 1 N–H and O–H groups in total. The molecule has 0 aliphatic heterocycles. The Morgan fingerprint density at radius 2 is 1.65 bits per heavy atom. The third kappa shape index (κ3) is 5.64. The van der Waals surface area contributed by atoms with Crippen molar-refractivity contribution in [3.8, 4) is 0 Å². The number of hydrogen-bond acceptors (Lipinski definition) is 4. The van der Waals surface area contributed by atoms with Gasteiger partial charge in [-0.25, -0.2) is 8.42 Å². The van der Waals surface area contributed by atoms with E-state index in [4.69, 9.17) is 23.2 Å². The molecule has 3 nitrogen and oxygen atoms in total. The molecule has 0 bridgehead atoms. The van der Waals surface area contributed by atoms with Gasteiger partial charge in [-0.15, -0.1) is 12.6 Å². The number of hydrogen-bond donors (Lipinski definition) is 2. The Morgan fingerprint density at radius 1 is 1.00 bits per heavy atom. The zero-order valence-electron chi connectivity index (χ0n) is 15.7. The topological polar surface area (TPSA) is 46.2 Å². The van der Waals surface area contributed by atoms with Gasteiger partial charge in [0, 0.05) is 20.4 Å². The lowest BCUT2D eigenvalue weighted by molar-refractivity contribution is -0.138. The summed E-state index contributed by atoms with van der Waals surface area (Å²) in [5.74, 6) is 0. The average molecular weight is 524 g/mol. The molecule has 0 atom stereocenters. The third-order valence-electron chi connectivity index (χ3n) is 4.14.